The second kappa shape index (κ2) is 8.89. The molecule has 1 rings (SSSR count). The molecule has 0 amide bonds. The summed E-state index contributed by atoms with van der Waals surface area (Å²) < 4.78 is 5.28. The third-order valence-electron chi connectivity index (χ3n) is 4.13. The minimum absolute atomic E-state index is 0.128. The van der Waals surface area contributed by atoms with Gasteiger partial charge in [0.15, 0.2) is 0 Å². The molecule has 3 heteroatoms. The molecule has 0 bridgehead atoms. The van der Waals surface area contributed by atoms with E-state index >= 15 is 0 Å². The lowest BCUT2D eigenvalue weighted by Crippen LogP contribution is -2.43. The smallest absolute Gasteiger partial charge is 0.0697 e. The van der Waals surface area contributed by atoms with Gasteiger partial charge in [0.05, 0.1) is 13.2 Å². The van der Waals surface area contributed by atoms with Gasteiger partial charge in [-0.15, -0.1) is 0 Å². The van der Waals surface area contributed by atoms with E-state index in [1.54, 1.807) is 0 Å². The Bertz CT molecular complexity index is 209. The minimum Gasteiger partial charge on any atom is -0.394 e. The van der Waals surface area contributed by atoms with E-state index in [-0.39, 0.29) is 6.61 Å². The monoisotopic (exact) mass is 257 g/mol. The van der Waals surface area contributed by atoms with Gasteiger partial charge in [-0.25, -0.2) is 0 Å². The molecule has 0 aliphatic heterocycles. The Balaban J connectivity index is 2.20. The summed E-state index contributed by atoms with van der Waals surface area (Å²) in [7, 11) is 0. The summed E-state index contributed by atoms with van der Waals surface area (Å²) >= 11 is 0. The summed E-state index contributed by atoms with van der Waals surface area (Å²) in [6.45, 7) is 9.45. The van der Waals surface area contributed by atoms with Gasteiger partial charge in [0.1, 0.15) is 0 Å². The average molecular weight is 257 g/mol. The third kappa shape index (κ3) is 5.68. The highest BCUT2D eigenvalue weighted by molar-refractivity contribution is 4.85. The maximum atomic E-state index is 8.61. The van der Waals surface area contributed by atoms with Gasteiger partial charge in [-0.3, -0.25) is 0 Å². The van der Waals surface area contributed by atoms with Crippen LogP contribution in [0.5, 0.6) is 0 Å². The van der Waals surface area contributed by atoms with E-state index in [1.165, 1.54) is 19.3 Å². The van der Waals surface area contributed by atoms with Crippen LogP contribution in [0.15, 0.2) is 0 Å². The Morgan fingerprint density at radius 3 is 2.72 bits per heavy atom. The standard InChI is InChI=1S/C15H31NO2/c1-12(2)14-6-5-13(3)11-15(14)16-7-4-9-18-10-8-17/h12-17H,4-11H2,1-3H3. The lowest BCUT2D eigenvalue weighted by molar-refractivity contribution is 0.0885. The molecule has 0 heterocycles. The minimum atomic E-state index is 0.128. The molecule has 0 aromatic rings. The van der Waals surface area contributed by atoms with Crippen molar-refractivity contribution in [1.82, 2.24) is 5.32 Å². The number of hydrogen-bond donors (Lipinski definition) is 2. The van der Waals surface area contributed by atoms with E-state index in [9.17, 15) is 0 Å². The number of aliphatic hydroxyl groups is 1. The first-order valence-corrected chi connectivity index (χ1v) is 7.57. The topological polar surface area (TPSA) is 41.5 Å². The van der Waals surface area contributed by atoms with Crippen LogP contribution in [0.4, 0.5) is 0 Å². The molecule has 1 fully saturated rings. The molecule has 1 aliphatic rings. The first kappa shape index (κ1) is 15.9. The summed E-state index contributed by atoms with van der Waals surface area (Å²) in [5, 5.41) is 12.3. The highest BCUT2D eigenvalue weighted by Gasteiger charge is 2.29. The molecule has 0 spiro atoms. The third-order valence-corrected chi connectivity index (χ3v) is 4.13. The molecule has 0 aromatic carbocycles. The van der Waals surface area contributed by atoms with Gasteiger partial charge in [-0.05, 0) is 43.6 Å². The van der Waals surface area contributed by atoms with Crippen molar-refractivity contribution in [3.63, 3.8) is 0 Å². The maximum absolute atomic E-state index is 8.61. The van der Waals surface area contributed by atoms with Crippen molar-refractivity contribution in [2.75, 3.05) is 26.4 Å². The number of hydrogen-bond acceptors (Lipinski definition) is 3. The van der Waals surface area contributed by atoms with Crippen molar-refractivity contribution < 1.29 is 9.84 Å². The van der Waals surface area contributed by atoms with E-state index < -0.39 is 0 Å². The fourth-order valence-electron chi connectivity index (χ4n) is 3.07. The van der Waals surface area contributed by atoms with Crippen molar-refractivity contribution >= 4 is 0 Å². The highest BCUT2D eigenvalue weighted by atomic mass is 16.5. The van der Waals surface area contributed by atoms with E-state index in [4.69, 9.17) is 9.84 Å². The summed E-state index contributed by atoms with van der Waals surface area (Å²) in [5.74, 6) is 2.48. The lowest BCUT2D eigenvalue weighted by Gasteiger charge is -2.38. The summed E-state index contributed by atoms with van der Waals surface area (Å²) in [5.41, 5.74) is 0. The van der Waals surface area contributed by atoms with Gasteiger partial charge in [0, 0.05) is 12.6 Å². The Labute approximate surface area is 112 Å². The zero-order valence-electron chi connectivity index (χ0n) is 12.3. The summed E-state index contributed by atoms with van der Waals surface area (Å²) in [4.78, 5) is 0. The molecule has 1 aliphatic carbocycles. The molecule has 3 unspecified atom stereocenters. The number of ether oxygens (including phenoxy) is 1. The van der Waals surface area contributed by atoms with Crippen LogP contribution in [-0.2, 0) is 4.74 Å². The first-order chi connectivity index (χ1) is 8.65. The molecule has 18 heavy (non-hydrogen) atoms. The average Bonchev–Trinajstić information content (AvgIpc) is 2.33. The Hall–Kier alpha value is -0.120. The summed E-state index contributed by atoms with van der Waals surface area (Å²) in [6.07, 6.45) is 5.12. The van der Waals surface area contributed by atoms with Crippen LogP contribution >= 0.6 is 0 Å². The molecule has 1 saturated carbocycles. The highest BCUT2D eigenvalue weighted by Crippen LogP contribution is 2.33. The molecular weight excluding hydrogens is 226 g/mol. The molecule has 108 valence electrons. The van der Waals surface area contributed by atoms with Crippen molar-refractivity contribution in [2.45, 2.75) is 52.5 Å². The zero-order chi connectivity index (χ0) is 13.4. The Morgan fingerprint density at radius 1 is 1.28 bits per heavy atom. The van der Waals surface area contributed by atoms with Gasteiger partial charge in [0.2, 0.25) is 0 Å². The SMILES string of the molecule is CC1CCC(C(C)C)C(NCCCOCCO)C1. The number of rotatable bonds is 8. The first-order valence-electron chi connectivity index (χ1n) is 7.57. The maximum Gasteiger partial charge on any atom is 0.0697 e. The van der Waals surface area contributed by atoms with Gasteiger partial charge in [-0.2, -0.15) is 0 Å². The van der Waals surface area contributed by atoms with Crippen LogP contribution in [0, 0.1) is 17.8 Å². The molecule has 0 radical (unpaired) electrons. The Morgan fingerprint density at radius 2 is 2.06 bits per heavy atom. The zero-order valence-corrected chi connectivity index (χ0v) is 12.3. The molecule has 3 atom stereocenters. The van der Waals surface area contributed by atoms with Crippen LogP contribution in [-0.4, -0.2) is 37.5 Å². The van der Waals surface area contributed by atoms with E-state index in [0.29, 0.717) is 12.6 Å². The van der Waals surface area contributed by atoms with Crippen LogP contribution in [0.3, 0.4) is 0 Å². The fourth-order valence-corrected chi connectivity index (χ4v) is 3.07. The fraction of sp³-hybridized carbons (Fsp3) is 1.00. The molecule has 0 saturated heterocycles. The van der Waals surface area contributed by atoms with Crippen LogP contribution in [0.25, 0.3) is 0 Å². The van der Waals surface area contributed by atoms with Crippen molar-refractivity contribution in [3.05, 3.63) is 0 Å². The Kier molecular flexibility index (Phi) is 7.87. The van der Waals surface area contributed by atoms with Crippen LogP contribution in [0.2, 0.25) is 0 Å². The second-order valence-electron chi connectivity index (χ2n) is 6.08. The van der Waals surface area contributed by atoms with Crippen LogP contribution in [0.1, 0.15) is 46.5 Å². The van der Waals surface area contributed by atoms with Crippen molar-refractivity contribution in [3.8, 4) is 0 Å². The second-order valence-corrected chi connectivity index (χ2v) is 6.08. The van der Waals surface area contributed by atoms with Crippen molar-refractivity contribution in [1.29, 1.82) is 0 Å². The van der Waals surface area contributed by atoms with Gasteiger partial charge in [0.25, 0.3) is 0 Å². The molecule has 2 N–H and O–H groups in total. The van der Waals surface area contributed by atoms with Crippen molar-refractivity contribution in [2.24, 2.45) is 17.8 Å². The largest absolute Gasteiger partial charge is 0.394 e. The van der Waals surface area contributed by atoms with E-state index in [2.05, 4.69) is 26.1 Å². The van der Waals surface area contributed by atoms with Gasteiger partial charge in [-0.1, -0.05) is 27.2 Å². The number of aliphatic hydroxyl groups excluding tert-OH is 1. The lowest BCUT2D eigenvalue weighted by atomic mass is 9.74. The normalized spacial score (nSPS) is 28.8. The molecule has 0 aromatic heterocycles. The predicted molar refractivity (Wildman–Crippen MR) is 75.7 cm³/mol. The number of nitrogens with one attached hydrogen (secondary N) is 1. The molecule has 3 nitrogen and oxygen atoms in total. The van der Waals surface area contributed by atoms with E-state index in [1.807, 2.05) is 0 Å². The predicted octanol–water partition coefficient (Wildman–Crippen LogP) is 2.44. The summed E-state index contributed by atoms with van der Waals surface area (Å²) in [6, 6.07) is 0.687. The van der Waals surface area contributed by atoms with E-state index in [0.717, 1.165) is 37.3 Å². The van der Waals surface area contributed by atoms with Gasteiger partial charge < -0.3 is 15.2 Å². The van der Waals surface area contributed by atoms with Crippen LogP contribution < -0.4 is 5.32 Å². The van der Waals surface area contributed by atoms with Gasteiger partial charge >= 0.3 is 0 Å². The quantitative estimate of drug-likeness (QED) is 0.656. The molecular formula is C15H31NO2.